The lowest BCUT2D eigenvalue weighted by Gasteiger charge is -2.12. The second kappa shape index (κ2) is 9.96. The summed E-state index contributed by atoms with van der Waals surface area (Å²) in [6, 6.07) is 11.2. The van der Waals surface area contributed by atoms with Crippen LogP contribution in [0.5, 0.6) is 17.2 Å². The van der Waals surface area contributed by atoms with Crippen molar-refractivity contribution in [2.75, 3.05) is 32.8 Å². The van der Waals surface area contributed by atoms with Gasteiger partial charge in [-0.1, -0.05) is 0 Å². The maximum atomic E-state index is 12.0. The smallest absolute Gasteiger partial charge is 0.344 e. The van der Waals surface area contributed by atoms with Gasteiger partial charge in [-0.15, -0.1) is 0 Å². The summed E-state index contributed by atoms with van der Waals surface area (Å²) in [6.45, 7) is 0.624. The number of ether oxygens (including phenoxy) is 4. The van der Waals surface area contributed by atoms with Crippen LogP contribution in [0.15, 0.2) is 42.5 Å². The van der Waals surface area contributed by atoms with Gasteiger partial charge in [-0.05, 0) is 43.3 Å². The Balaban J connectivity index is 1.79. The van der Waals surface area contributed by atoms with Crippen LogP contribution < -0.4 is 19.5 Å². The second-order valence-electron chi connectivity index (χ2n) is 5.64. The number of carbonyl (C=O) groups excluding carboxylic acids is 3. The zero-order chi connectivity index (χ0) is 20.5. The van der Waals surface area contributed by atoms with Gasteiger partial charge in [0, 0.05) is 11.6 Å². The molecule has 0 radical (unpaired) electrons. The fraction of sp³-hybridized carbons (Fsp3) is 0.250. The highest BCUT2D eigenvalue weighted by molar-refractivity contribution is 5.94. The Bertz CT molecular complexity index is 846. The van der Waals surface area contributed by atoms with Crippen LogP contribution >= 0.6 is 0 Å². The van der Waals surface area contributed by atoms with Gasteiger partial charge in [-0.2, -0.15) is 0 Å². The summed E-state index contributed by atoms with van der Waals surface area (Å²) in [5.74, 6) is 0.112. The first-order chi connectivity index (χ1) is 13.4. The number of methoxy groups -OCH3 is 2. The van der Waals surface area contributed by atoms with E-state index in [1.807, 2.05) is 0 Å². The topological polar surface area (TPSA) is 100 Å². The van der Waals surface area contributed by atoms with Crippen molar-refractivity contribution in [2.45, 2.75) is 6.92 Å². The molecular weight excluding hydrogens is 366 g/mol. The van der Waals surface area contributed by atoms with Crippen LogP contribution in [-0.2, 0) is 14.3 Å². The predicted molar refractivity (Wildman–Crippen MR) is 101 cm³/mol. The van der Waals surface area contributed by atoms with Crippen molar-refractivity contribution in [3.63, 3.8) is 0 Å². The summed E-state index contributed by atoms with van der Waals surface area (Å²) in [4.78, 5) is 34.9. The van der Waals surface area contributed by atoms with E-state index >= 15 is 0 Å². The quantitative estimate of drug-likeness (QED) is 0.521. The summed E-state index contributed by atoms with van der Waals surface area (Å²) < 4.78 is 20.4. The van der Waals surface area contributed by atoms with Gasteiger partial charge in [-0.3, -0.25) is 9.59 Å². The normalized spacial score (nSPS) is 9.96. The van der Waals surface area contributed by atoms with Crippen LogP contribution in [0.4, 0.5) is 5.69 Å². The Morgan fingerprint density at radius 2 is 1.57 bits per heavy atom. The molecule has 0 aliphatic rings. The van der Waals surface area contributed by atoms with Crippen LogP contribution in [0.3, 0.4) is 0 Å². The molecular formula is C20H21NO7. The first kappa shape index (κ1) is 20.8. The predicted octanol–water partition coefficient (Wildman–Crippen LogP) is 2.47. The van der Waals surface area contributed by atoms with Crippen LogP contribution in [0.25, 0.3) is 0 Å². The number of nitrogens with one attached hydrogen (secondary N) is 1. The maximum absolute atomic E-state index is 12.0. The Kier molecular flexibility index (Phi) is 7.38. The molecule has 0 bridgehead atoms. The molecule has 0 heterocycles. The van der Waals surface area contributed by atoms with Crippen LogP contribution in [0.2, 0.25) is 0 Å². The number of benzene rings is 2. The molecule has 0 aliphatic carbocycles. The van der Waals surface area contributed by atoms with Crippen molar-refractivity contribution in [1.82, 2.24) is 0 Å². The minimum absolute atomic E-state index is 0.0644. The molecule has 0 saturated carbocycles. The van der Waals surface area contributed by atoms with E-state index in [1.165, 1.54) is 21.1 Å². The molecule has 8 heteroatoms. The molecule has 0 atom stereocenters. The molecule has 0 unspecified atom stereocenters. The van der Waals surface area contributed by atoms with Gasteiger partial charge < -0.3 is 24.3 Å². The number of ketones is 1. The van der Waals surface area contributed by atoms with Crippen molar-refractivity contribution < 1.29 is 33.3 Å². The highest BCUT2D eigenvalue weighted by atomic mass is 16.6. The molecule has 8 nitrogen and oxygen atoms in total. The average Bonchev–Trinajstić information content (AvgIpc) is 2.71. The molecule has 2 aromatic rings. The van der Waals surface area contributed by atoms with Crippen LogP contribution in [-0.4, -0.2) is 45.1 Å². The third-order valence-electron chi connectivity index (χ3n) is 3.66. The molecule has 2 rings (SSSR count). The highest BCUT2D eigenvalue weighted by Gasteiger charge is 2.12. The minimum Gasteiger partial charge on any atom is -0.497 e. The molecule has 2 aromatic carbocycles. The zero-order valence-corrected chi connectivity index (χ0v) is 15.8. The molecule has 0 aromatic heterocycles. The van der Waals surface area contributed by atoms with Gasteiger partial charge in [0.2, 0.25) is 0 Å². The summed E-state index contributed by atoms with van der Waals surface area (Å²) in [5.41, 5.74) is 0.965. The second-order valence-corrected chi connectivity index (χ2v) is 5.64. The third kappa shape index (κ3) is 6.01. The lowest BCUT2D eigenvalue weighted by Crippen LogP contribution is -2.23. The van der Waals surface area contributed by atoms with E-state index in [4.69, 9.17) is 18.9 Å². The van der Waals surface area contributed by atoms with E-state index in [0.29, 0.717) is 28.5 Å². The summed E-state index contributed by atoms with van der Waals surface area (Å²) in [7, 11) is 2.98. The zero-order valence-electron chi connectivity index (χ0n) is 15.8. The van der Waals surface area contributed by atoms with E-state index in [0.717, 1.165) is 0 Å². The van der Waals surface area contributed by atoms with Gasteiger partial charge in [0.25, 0.3) is 5.91 Å². The number of anilines is 1. The number of hydrogen-bond donors (Lipinski definition) is 1. The molecule has 148 valence electrons. The van der Waals surface area contributed by atoms with E-state index in [2.05, 4.69) is 5.32 Å². The van der Waals surface area contributed by atoms with Crippen molar-refractivity contribution in [3.8, 4) is 17.2 Å². The molecule has 28 heavy (non-hydrogen) atoms. The first-order valence-corrected chi connectivity index (χ1v) is 8.34. The number of esters is 1. The van der Waals surface area contributed by atoms with Crippen molar-refractivity contribution >= 4 is 23.3 Å². The molecule has 0 saturated heterocycles. The summed E-state index contributed by atoms with van der Waals surface area (Å²) in [5, 5.41) is 2.59. The Labute approximate surface area is 162 Å². The van der Waals surface area contributed by atoms with Crippen molar-refractivity contribution in [3.05, 3.63) is 48.0 Å². The number of rotatable bonds is 9. The number of Topliss-reactive ketones (excluding diaryl/α,β-unsaturated/α-hetero) is 1. The Morgan fingerprint density at radius 3 is 2.18 bits per heavy atom. The van der Waals surface area contributed by atoms with Gasteiger partial charge in [0.15, 0.2) is 19.0 Å². The Morgan fingerprint density at radius 1 is 0.893 bits per heavy atom. The fourth-order valence-electron chi connectivity index (χ4n) is 2.20. The summed E-state index contributed by atoms with van der Waals surface area (Å²) >= 11 is 0. The lowest BCUT2D eigenvalue weighted by atomic mass is 10.1. The van der Waals surface area contributed by atoms with E-state index in [-0.39, 0.29) is 12.4 Å². The maximum Gasteiger partial charge on any atom is 0.344 e. The fourth-order valence-corrected chi connectivity index (χ4v) is 2.20. The van der Waals surface area contributed by atoms with Crippen LogP contribution in [0.1, 0.15) is 17.3 Å². The van der Waals surface area contributed by atoms with Gasteiger partial charge in [-0.25, -0.2) is 4.79 Å². The molecule has 0 fully saturated rings. The van der Waals surface area contributed by atoms with Crippen LogP contribution in [0, 0.1) is 0 Å². The van der Waals surface area contributed by atoms with Crippen molar-refractivity contribution in [2.24, 2.45) is 0 Å². The van der Waals surface area contributed by atoms with Gasteiger partial charge >= 0.3 is 5.97 Å². The van der Waals surface area contributed by atoms with E-state index in [9.17, 15) is 14.4 Å². The largest absolute Gasteiger partial charge is 0.497 e. The third-order valence-corrected chi connectivity index (χ3v) is 3.66. The minimum atomic E-state index is -0.701. The van der Waals surface area contributed by atoms with E-state index < -0.39 is 18.5 Å². The molecule has 1 N–H and O–H groups in total. The number of carbonyl (C=O) groups is 3. The monoisotopic (exact) mass is 387 g/mol. The number of amides is 1. The highest BCUT2D eigenvalue weighted by Crippen LogP contribution is 2.28. The van der Waals surface area contributed by atoms with Crippen molar-refractivity contribution in [1.29, 1.82) is 0 Å². The molecule has 0 spiro atoms. The average molecular weight is 387 g/mol. The molecule has 1 amide bonds. The summed E-state index contributed by atoms with van der Waals surface area (Å²) in [6.07, 6.45) is 0. The van der Waals surface area contributed by atoms with E-state index in [1.54, 1.807) is 42.5 Å². The first-order valence-electron chi connectivity index (χ1n) is 8.34. The molecule has 0 aliphatic heterocycles. The van der Waals surface area contributed by atoms with Gasteiger partial charge in [0.1, 0.15) is 17.2 Å². The standard InChI is InChI=1S/C20H21NO7/c1-13(22)14-4-6-15(7-5-14)27-12-20(24)28-11-19(23)21-17-9-8-16(25-2)10-18(17)26-3/h4-10H,11-12H2,1-3H3,(H,21,23). The Hall–Kier alpha value is -3.55. The van der Waals surface area contributed by atoms with Gasteiger partial charge in [0.05, 0.1) is 19.9 Å². The SMILES string of the molecule is COc1ccc(NC(=O)COC(=O)COc2ccc(C(C)=O)cc2)c(OC)c1. The number of hydrogen-bond acceptors (Lipinski definition) is 7. The lowest BCUT2D eigenvalue weighted by molar-refractivity contribution is -0.149.